The summed E-state index contributed by atoms with van der Waals surface area (Å²) in [6.07, 6.45) is 63.5. The summed E-state index contributed by atoms with van der Waals surface area (Å²) in [6, 6.07) is -0.560. The second-order valence-electron chi connectivity index (χ2n) is 20.0. The number of aliphatic hydroxyl groups excluding tert-OH is 2. The van der Waals surface area contributed by atoms with Gasteiger partial charge in [-0.25, -0.2) is 0 Å². The van der Waals surface area contributed by atoms with Crippen molar-refractivity contribution in [3.63, 3.8) is 0 Å². The van der Waals surface area contributed by atoms with Crippen LogP contribution in [0, 0.1) is 0 Å². The van der Waals surface area contributed by atoms with Gasteiger partial charge in [-0.15, -0.1) is 0 Å². The fourth-order valence-corrected chi connectivity index (χ4v) is 9.11. The molecule has 0 bridgehead atoms. The molecule has 0 aromatic carbocycles. The highest BCUT2D eigenvalue weighted by atomic mass is 16.5. The van der Waals surface area contributed by atoms with Gasteiger partial charge in [0.1, 0.15) is 0 Å². The van der Waals surface area contributed by atoms with E-state index in [0.29, 0.717) is 25.9 Å². The highest BCUT2D eigenvalue weighted by Crippen LogP contribution is 2.18. The summed E-state index contributed by atoms with van der Waals surface area (Å²) < 4.78 is 5.43. The summed E-state index contributed by atoms with van der Waals surface area (Å²) in [4.78, 5) is 24.5. The maximum Gasteiger partial charge on any atom is 0.305 e. The van der Waals surface area contributed by atoms with Gasteiger partial charge in [-0.1, -0.05) is 264 Å². The fourth-order valence-electron chi connectivity index (χ4n) is 9.11. The molecule has 3 N–H and O–H groups in total. The van der Waals surface area contributed by atoms with E-state index in [2.05, 4.69) is 31.3 Å². The molecule has 380 valence electrons. The summed E-state index contributed by atoms with van der Waals surface area (Å²) in [5, 5.41) is 23.3. The van der Waals surface area contributed by atoms with Gasteiger partial charge in [-0.3, -0.25) is 9.59 Å². The number of amides is 1. The molecule has 0 aromatic rings. The Morgan fingerprint density at radius 1 is 0.422 bits per heavy atom. The first-order valence-electron chi connectivity index (χ1n) is 28.9. The van der Waals surface area contributed by atoms with E-state index in [1.165, 1.54) is 212 Å². The smallest absolute Gasteiger partial charge is 0.305 e. The molecule has 6 heteroatoms. The Kier molecular flexibility index (Phi) is 53.0. The first-order chi connectivity index (χ1) is 31.5. The molecule has 1 amide bonds. The molecule has 0 saturated heterocycles. The van der Waals surface area contributed by atoms with Crippen LogP contribution in [0.3, 0.4) is 0 Å². The first-order valence-corrected chi connectivity index (χ1v) is 28.9. The Balaban J connectivity index is 3.48. The van der Waals surface area contributed by atoms with Crippen LogP contribution in [0.1, 0.15) is 322 Å². The predicted octanol–water partition coefficient (Wildman–Crippen LogP) is 17.7. The molecule has 64 heavy (non-hydrogen) atoms. The maximum atomic E-state index is 12.5. The summed E-state index contributed by atoms with van der Waals surface area (Å²) >= 11 is 0. The molecule has 2 atom stereocenters. The van der Waals surface area contributed by atoms with Crippen LogP contribution in [0.25, 0.3) is 0 Å². The van der Waals surface area contributed by atoms with Crippen LogP contribution in [-0.4, -0.2) is 47.4 Å². The van der Waals surface area contributed by atoms with Crippen molar-refractivity contribution in [1.82, 2.24) is 5.32 Å². The van der Waals surface area contributed by atoms with Crippen molar-refractivity contribution in [2.75, 3.05) is 13.2 Å². The highest BCUT2D eigenvalue weighted by molar-refractivity contribution is 5.76. The lowest BCUT2D eigenvalue weighted by molar-refractivity contribution is -0.143. The van der Waals surface area contributed by atoms with Gasteiger partial charge in [-0.05, 0) is 57.8 Å². The standard InChI is InChI=1S/C58H113NO5/c1-3-5-7-9-11-13-15-16-17-18-19-20-21-22-23-24-25-26-27-31-34-38-42-46-50-56(61)55(54-60)59-57(62)51-47-43-39-35-32-28-29-33-37-41-45-49-53-64-58(63)52-48-44-40-36-30-14-12-10-8-6-4-2/h29,33,55-56,60-61H,3-28,30-32,34-54H2,1-2H3,(H,59,62)/b33-29-. The van der Waals surface area contributed by atoms with Crippen LogP contribution in [0.4, 0.5) is 0 Å². The van der Waals surface area contributed by atoms with Gasteiger partial charge in [-0.2, -0.15) is 0 Å². The third-order valence-electron chi connectivity index (χ3n) is 13.6. The molecule has 6 nitrogen and oxygen atoms in total. The largest absolute Gasteiger partial charge is 0.466 e. The Morgan fingerprint density at radius 3 is 1.11 bits per heavy atom. The number of unbranched alkanes of at least 4 members (excludes halogenated alkanes) is 41. The number of rotatable bonds is 54. The Labute approximate surface area is 399 Å². The molecular formula is C58H113NO5. The summed E-state index contributed by atoms with van der Waals surface area (Å²) in [6.45, 7) is 4.91. The molecule has 0 aliphatic rings. The minimum Gasteiger partial charge on any atom is -0.466 e. The molecule has 0 aliphatic carbocycles. The van der Waals surface area contributed by atoms with Crippen molar-refractivity contribution in [3.8, 4) is 0 Å². The zero-order valence-electron chi connectivity index (χ0n) is 43.3. The molecular weight excluding hydrogens is 791 g/mol. The molecule has 2 unspecified atom stereocenters. The van der Waals surface area contributed by atoms with E-state index in [1.807, 2.05) is 0 Å². The molecule has 0 spiro atoms. The van der Waals surface area contributed by atoms with E-state index >= 15 is 0 Å². The lowest BCUT2D eigenvalue weighted by Gasteiger charge is -2.22. The number of ether oxygens (including phenoxy) is 1. The van der Waals surface area contributed by atoms with E-state index in [4.69, 9.17) is 4.74 Å². The second-order valence-corrected chi connectivity index (χ2v) is 20.0. The van der Waals surface area contributed by atoms with Crippen molar-refractivity contribution in [1.29, 1.82) is 0 Å². The molecule has 0 aliphatic heterocycles. The van der Waals surface area contributed by atoms with Crippen LogP contribution in [0.15, 0.2) is 12.2 Å². The third-order valence-corrected chi connectivity index (χ3v) is 13.6. The molecule has 0 aromatic heterocycles. The van der Waals surface area contributed by atoms with Crippen LogP contribution in [0.2, 0.25) is 0 Å². The van der Waals surface area contributed by atoms with E-state index in [9.17, 15) is 19.8 Å². The van der Waals surface area contributed by atoms with E-state index in [-0.39, 0.29) is 18.5 Å². The number of carbonyl (C=O) groups is 2. The van der Waals surface area contributed by atoms with Gasteiger partial charge in [0.25, 0.3) is 0 Å². The van der Waals surface area contributed by atoms with Crippen molar-refractivity contribution < 1.29 is 24.5 Å². The highest BCUT2D eigenvalue weighted by Gasteiger charge is 2.20. The van der Waals surface area contributed by atoms with Crippen LogP contribution in [-0.2, 0) is 14.3 Å². The van der Waals surface area contributed by atoms with Crippen LogP contribution < -0.4 is 5.32 Å². The lowest BCUT2D eigenvalue weighted by Crippen LogP contribution is -2.45. The quantitative estimate of drug-likeness (QED) is 0.0321. The van der Waals surface area contributed by atoms with Gasteiger partial charge in [0.15, 0.2) is 0 Å². The van der Waals surface area contributed by atoms with Crippen LogP contribution >= 0.6 is 0 Å². The van der Waals surface area contributed by atoms with Crippen molar-refractivity contribution in [2.24, 2.45) is 0 Å². The number of allylic oxidation sites excluding steroid dienone is 2. The first kappa shape index (κ1) is 62.6. The number of hydrogen-bond acceptors (Lipinski definition) is 5. The van der Waals surface area contributed by atoms with Crippen molar-refractivity contribution >= 4 is 11.9 Å². The van der Waals surface area contributed by atoms with Crippen LogP contribution in [0.5, 0.6) is 0 Å². The number of esters is 1. The van der Waals surface area contributed by atoms with Crippen molar-refractivity contribution in [3.05, 3.63) is 12.2 Å². The number of aliphatic hydroxyl groups is 2. The van der Waals surface area contributed by atoms with Crippen molar-refractivity contribution in [2.45, 2.75) is 334 Å². The fraction of sp³-hybridized carbons (Fsp3) is 0.931. The van der Waals surface area contributed by atoms with Gasteiger partial charge in [0.05, 0.1) is 25.4 Å². The Hall–Kier alpha value is -1.40. The summed E-state index contributed by atoms with van der Waals surface area (Å²) in [5.74, 6) is -0.0791. The van der Waals surface area contributed by atoms with Gasteiger partial charge in [0.2, 0.25) is 5.91 Å². The van der Waals surface area contributed by atoms with Gasteiger partial charge < -0.3 is 20.3 Å². The Morgan fingerprint density at radius 2 is 0.734 bits per heavy atom. The van der Waals surface area contributed by atoms with E-state index < -0.39 is 12.1 Å². The monoisotopic (exact) mass is 904 g/mol. The Bertz CT molecular complexity index is 955. The van der Waals surface area contributed by atoms with Gasteiger partial charge >= 0.3 is 5.97 Å². The van der Waals surface area contributed by atoms with E-state index in [1.54, 1.807) is 0 Å². The lowest BCUT2D eigenvalue weighted by atomic mass is 10.0. The minimum atomic E-state index is -0.680. The summed E-state index contributed by atoms with van der Waals surface area (Å²) in [5.41, 5.74) is 0. The zero-order valence-corrected chi connectivity index (χ0v) is 43.3. The summed E-state index contributed by atoms with van der Waals surface area (Å²) in [7, 11) is 0. The van der Waals surface area contributed by atoms with Gasteiger partial charge in [0, 0.05) is 12.8 Å². The average molecular weight is 905 g/mol. The average Bonchev–Trinajstić information content (AvgIpc) is 3.29. The molecule has 0 fully saturated rings. The number of hydrogen-bond donors (Lipinski definition) is 3. The maximum absolute atomic E-state index is 12.5. The molecule has 0 rings (SSSR count). The number of nitrogens with one attached hydrogen (secondary N) is 1. The normalized spacial score (nSPS) is 12.6. The SMILES string of the molecule is CCCCCCCCCCCCCCCCCCCCCCCCCCC(O)C(CO)NC(=O)CCCCCCC/C=C\CCCCCOC(=O)CCCCCCCCCCCCC. The predicted molar refractivity (Wildman–Crippen MR) is 278 cm³/mol. The van der Waals surface area contributed by atoms with E-state index in [0.717, 1.165) is 77.0 Å². The minimum absolute atomic E-state index is 0.0220. The molecule has 0 heterocycles. The zero-order chi connectivity index (χ0) is 46.5. The second kappa shape index (κ2) is 54.2. The third kappa shape index (κ3) is 50.0. The number of carbonyl (C=O) groups excluding carboxylic acids is 2. The topological polar surface area (TPSA) is 95.9 Å². The molecule has 0 saturated carbocycles. The molecule has 0 radical (unpaired) electrons.